The summed E-state index contributed by atoms with van der Waals surface area (Å²) in [7, 11) is 0. The summed E-state index contributed by atoms with van der Waals surface area (Å²) >= 11 is 0. The molecule has 0 spiro atoms. The van der Waals surface area contributed by atoms with Gasteiger partial charge in [0.1, 0.15) is 6.54 Å². The largest absolute Gasteiger partial charge is 0.465 e. The number of carbonyl (C=O) groups is 1. The van der Waals surface area contributed by atoms with E-state index < -0.39 is 17.2 Å². The number of aryl methyl sites for hydroxylation is 1. The number of ether oxygens (including phenoxy) is 1. The maximum Gasteiger partial charge on any atom is 0.328 e. The highest BCUT2D eigenvalue weighted by atomic mass is 16.5. The molecule has 0 fully saturated rings. The maximum atomic E-state index is 11.5. The van der Waals surface area contributed by atoms with Crippen molar-refractivity contribution in [3.63, 3.8) is 0 Å². The van der Waals surface area contributed by atoms with Gasteiger partial charge in [-0.25, -0.2) is 9.36 Å². The number of nitrogens with one attached hydrogen (secondary N) is 1. The molecule has 1 rings (SSSR count). The molecule has 6 heteroatoms. The molecule has 0 bridgehead atoms. The van der Waals surface area contributed by atoms with Gasteiger partial charge >= 0.3 is 11.7 Å². The van der Waals surface area contributed by atoms with Gasteiger partial charge in [-0.2, -0.15) is 0 Å². The van der Waals surface area contributed by atoms with E-state index in [1.165, 1.54) is 6.20 Å². The molecule has 0 radical (unpaired) electrons. The predicted octanol–water partition coefficient (Wildman–Crippen LogP) is -0.592. The van der Waals surface area contributed by atoms with Crippen LogP contribution in [0.15, 0.2) is 15.8 Å². The van der Waals surface area contributed by atoms with Crippen LogP contribution < -0.4 is 11.2 Å². The number of hydrogen-bond donors (Lipinski definition) is 1. The van der Waals surface area contributed by atoms with Gasteiger partial charge in [0, 0.05) is 11.8 Å². The van der Waals surface area contributed by atoms with Gasteiger partial charge in [-0.15, -0.1) is 0 Å². The van der Waals surface area contributed by atoms with Crippen LogP contribution in [0.2, 0.25) is 0 Å². The average molecular weight is 212 g/mol. The Morgan fingerprint density at radius 3 is 2.80 bits per heavy atom. The molecular weight excluding hydrogens is 200 g/mol. The van der Waals surface area contributed by atoms with E-state index in [0.29, 0.717) is 5.56 Å². The Kier molecular flexibility index (Phi) is 3.43. The van der Waals surface area contributed by atoms with Crippen LogP contribution in [0.3, 0.4) is 0 Å². The Bertz CT molecular complexity index is 472. The van der Waals surface area contributed by atoms with Gasteiger partial charge in [0.15, 0.2) is 0 Å². The Hall–Kier alpha value is -1.85. The van der Waals surface area contributed by atoms with Gasteiger partial charge < -0.3 is 9.72 Å². The minimum atomic E-state index is -0.612. The SMILES string of the molecule is CCOC(=O)Cn1c(=O)[nH]cc(C)c1=O. The van der Waals surface area contributed by atoms with Crippen molar-refractivity contribution in [3.8, 4) is 0 Å². The Morgan fingerprint density at radius 2 is 2.20 bits per heavy atom. The summed E-state index contributed by atoms with van der Waals surface area (Å²) in [6.45, 7) is 3.07. The zero-order valence-corrected chi connectivity index (χ0v) is 8.57. The van der Waals surface area contributed by atoms with Crippen molar-refractivity contribution < 1.29 is 9.53 Å². The molecule has 0 atom stereocenters. The summed E-state index contributed by atoms with van der Waals surface area (Å²) in [4.78, 5) is 36.1. The second kappa shape index (κ2) is 4.59. The van der Waals surface area contributed by atoms with Crippen LogP contribution in [-0.4, -0.2) is 22.1 Å². The smallest absolute Gasteiger partial charge is 0.328 e. The van der Waals surface area contributed by atoms with Crippen molar-refractivity contribution >= 4 is 5.97 Å². The van der Waals surface area contributed by atoms with Crippen molar-refractivity contribution in [1.82, 2.24) is 9.55 Å². The summed E-state index contributed by atoms with van der Waals surface area (Å²) in [6.07, 6.45) is 1.31. The van der Waals surface area contributed by atoms with Gasteiger partial charge in [0.2, 0.25) is 0 Å². The van der Waals surface area contributed by atoms with Crippen molar-refractivity contribution in [2.24, 2.45) is 0 Å². The zero-order valence-electron chi connectivity index (χ0n) is 8.57. The molecule has 15 heavy (non-hydrogen) atoms. The van der Waals surface area contributed by atoms with Crippen LogP contribution in [0.1, 0.15) is 12.5 Å². The number of aromatic nitrogens is 2. The molecule has 0 amide bonds. The number of hydrogen-bond acceptors (Lipinski definition) is 4. The molecule has 0 saturated carbocycles. The number of esters is 1. The molecule has 0 aromatic carbocycles. The number of nitrogens with zero attached hydrogens (tertiary/aromatic N) is 1. The first-order valence-electron chi connectivity index (χ1n) is 4.51. The molecule has 6 nitrogen and oxygen atoms in total. The molecule has 0 aliphatic carbocycles. The maximum absolute atomic E-state index is 11.5. The van der Waals surface area contributed by atoms with Crippen molar-refractivity contribution in [2.75, 3.05) is 6.61 Å². The quantitative estimate of drug-likeness (QED) is 0.679. The van der Waals surface area contributed by atoms with Gasteiger partial charge in [0.25, 0.3) is 5.56 Å². The highest BCUT2D eigenvalue weighted by Crippen LogP contribution is 1.84. The predicted molar refractivity (Wildman–Crippen MR) is 52.7 cm³/mol. The third-order valence-electron chi connectivity index (χ3n) is 1.83. The zero-order chi connectivity index (χ0) is 11.4. The van der Waals surface area contributed by atoms with E-state index in [9.17, 15) is 14.4 Å². The summed E-state index contributed by atoms with van der Waals surface area (Å²) in [5.41, 5.74) is -0.718. The van der Waals surface area contributed by atoms with E-state index >= 15 is 0 Å². The lowest BCUT2D eigenvalue weighted by Gasteiger charge is -2.04. The Balaban J connectivity index is 3.05. The van der Waals surface area contributed by atoms with E-state index in [4.69, 9.17) is 0 Å². The Labute approximate surface area is 85.5 Å². The fourth-order valence-corrected chi connectivity index (χ4v) is 1.09. The first-order chi connectivity index (χ1) is 7.06. The van der Waals surface area contributed by atoms with Crippen LogP contribution in [0.5, 0.6) is 0 Å². The van der Waals surface area contributed by atoms with Gasteiger partial charge in [0.05, 0.1) is 6.61 Å². The molecule has 0 aliphatic rings. The highest BCUT2D eigenvalue weighted by Gasteiger charge is 2.09. The fraction of sp³-hybridized carbons (Fsp3) is 0.444. The highest BCUT2D eigenvalue weighted by molar-refractivity contribution is 5.69. The van der Waals surface area contributed by atoms with Crippen LogP contribution in [0, 0.1) is 6.92 Å². The lowest BCUT2D eigenvalue weighted by atomic mass is 10.4. The summed E-state index contributed by atoms with van der Waals surface area (Å²) in [5.74, 6) is -0.601. The molecule has 1 heterocycles. The molecule has 1 N–H and O–H groups in total. The second-order valence-electron chi connectivity index (χ2n) is 2.97. The van der Waals surface area contributed by atoms with Gasteiger partial charge in [-0.3, -0.25) is 9.59 Å². The van der Waals surface area contributed by atoms with Crippen molar-refractivity contribution in [1.29, 1.82) is 0 Å². The van der Waals surface area contributed by atoms with Crippen LogP contribution in [-0.2, 0) is 16.1 Å². The number of H-pyrrole nitrogens is 1. The molecule has 82 valence electrons. The molecular formula is C9H12N2O4. The standard InChI is InChI=1S/C9H12N2O4/c1-3-15-7(12)5-11-8(13)6(2)4-10-9(11)14/h4H,3,5H2,1-2H3,(H,10,14). The number of aromatic amines is 1. The van der Waals surface area contributed by atoms with Crippen LogP contribution in [0.4, 0.5) is 0 Å². The summed E-state index contributed by atoms with van der Waals surface area (Å²) < 4.78 is 5.46. The molecule has 0 unspecified atom stereocenters. The van der Waals surface area contributed by atoms with E-state index in [0.717, 1.165) is 4.57 Å². The minimum absolute atomic E-state index is 0.220. The fourth-order valence-electron chi connectivity index (χ4n) is 1.09. The lowest BCUT2D eigenvalue weighted by Crippen LogP contribution is -2.38. The van der Waals surface area contributed by atoms with Crippen LogP contribution in [0.25, 0.3) is 0 Å². The van der Waals surface area contributed by atoms with E-state index in [-0.39, 0.29) is 13.2 Å². The monoisotopic (exact) mass is 212 g/mol. The second-order valence-corrected chi connectivity index (χ2v) is 2.97. The van der Waals surface area contributed by atoms with Gasteiger partial charge in [-0.05, 0) is 13.8 Å². The van der Waals surface area contributed by atoms with E-state index in [1.54, 1.807) is 13.8 Å². The first kappa shape index (κ1) is 11.2. The summed E-state index contributed by atoms with van der Waals surface area (Å²) in [6, 6.07) is 0. The molecule has 0 aliphatic heterocycles. The number of carbonyl (C=O) groups excluding carboxylic acids is 1. The van der Waals surface area contributed by atoms with Crippen molar-refractivity contribution in [3.05, 3.63) is 32.6 Å². The summed E-state index contributed by atoms with van der Waals surface area (Å²) in [5, 5.41) is 0. The third kappa shape index (κ3) is 2.55. The average Bonchev–Trinajstić information content (AvgIpc) is 2.19. The molecule has 0 saturated heterocycles. The van der Waals surface area contributed by atoms with E-state index in [2.05, 4.69) is 9.72 Å². The third-order valence-corrected chi connectivity index (χ3v) is 1.83. The Morgan fingerprint density at radius 1 is 1.53 bits per heavy atom. The minimum Gasteiger partial charge on any atom is -0.465 e. The topological polar surface area (TPSA) is 81.2 Å². The van der Waals surface area contributed by atoms with Crippen molar-refractivity contribution in [2.45, 2.75) is 20.4 Å². The molecule has 1 aromatic rings. The van der Waals surface area contributed by atoms with Gasteiger partial charge in [-0.1, -0.05) is 0 Å². The first-order valence-corrected chi connectivity index (χ1v) is 4.51. The molecule has 1 aromatic heterocycles. The van der Waals surface area contributed by atoms with Crippen LogP contribution >= 0.6 is 0 Å². The number of rotatable bonds is 3. The van der Waals surface area contributed by atoms with E-state index in [1.807, 2.05) is 0 Å². The normalized spacial score (nSPS) is 10.0. The lowest BCUT2D eigenvalue weighted by molar-refractivity contribution is -0.143.